The quantitative estimate of drug-likeness (QED) is 0.601. The minimum absolute atomic E-state index is 0.0261. The first-order chi connectivity index (χ1) is 11.7. The number of fused-ring (bicyclic) bond motifs is 1. The molecule has 1 aliphatic rings. The topological polar surface area (TPSA) is 35.5 Å². The summed E-state index contributed by atoms with van der Waals surface area (Å²) in [6.45, 7) is 0. The van der Waals surface area contributed by atoms with Crippen LogP contribution >= 0.6 is 0 Å². The van der Waals surface area contributed by atoms with Gasteiger partial charge >= 0.3 is 0 Å². The van der Waals surface area contributed by atoms with E-state index in [0.717, 1.165) is 24.0 Å². The largest absolute Gasteiger partial charge is 0.493 e. The molecule has 24 heavy (non-hydrogen) atoms. The molecule has 0 N–H and O–H groups in total. The van der Waals surface area contributed by atoms with E-state index in [0.29, 0.717) is 11.5 Å². The van der Waals surface area contributed by atoms with Crippen LogP contribution in [0.1, 0.15) is 39.9 Å². The van der Waals surface area contributed by atoms with Crippen molar-refractivity contribution in [1.82, 2.24) is 0 Å². The third-order valence-corrected chi connectivity index (χ3v) is 4.47. The molecule has 0 aromatic heterocycles. The molecule has 0 bridgehead atoms. The zero-order valence-electron chi connectivity index (χ0n) is 14.2. The lowest BCUT2D eigenvalue weighted by Crippen LogP contribution is -2.05. The fraction of sp³-hybridized carbons (Fsp3) is 0.286. The van der Waals surface area contributed by atoms with Crippen molar-refractivity contribution in [2.24, 2.45) is 0 Å². The minimum atomic E-state index is 0.0261. The Morgan fingerprint density at radius 3 is 2.42 bits per heavy atom. The third-order valence-electron chi connectivity index (χ3n) is 4.47. The van der Waals surface area contributed by atoms with E-state index in [9.17, 15) is 4.79 Å². The molecule has 0 unspecified atom stereocenters. The fourth-order valence-electron chi connectivity index (χ4n) is 3.11. The summed E-state index contributed by atoms with van der Waals surface area (Å²) in [4.78, 5) is 12.4. The van der Waals surface area contributed by atoms with E-state index >= 15 is 0 Å². The zero-order valence-corrected chi connectivity index (χ0v) is 14.2. The summed E-state index contributed by atoms with van der Waals surface area (Å²) >= 11 is 0. The van der Waals surface area contributed by atoms with Crippen molar-refractivity contribution in [3.8, 4) is 11.5 Å². The van der Waals surface area contributed by atoms with Crippen LogP contribution in [-0.4, -0.2) is 20.0 Å². The molecular formula is C21H22O3. The van der Waals surface area contributed by atoms with Crippen LogP contribution in [0.15, 0.2) is 42.5 Å². The molecule has 0 radical (unpaired) electrons. The standard InChI is InChI=1S/C21H22O3/c1-23-20-12-8-15(13-21(20)24-2)7-11-19(22)18-10-9-16-5-3-4-6-17(16)14-18/h7-14H,3-6H2,1-2H3/b11-7+. The van der Waals surface area contributed by atoms with Crippen LogP contribution in [0.3, 0.4) is 0 Å². The van der Waals surface area contributed by atoms with Crippen molar-refractivity contribution in [1.29, 1.82) is 0 Å². The number of hydrogen-bond acceptors (Lipinski definition) is 3. The molecule has 2 aromatic carbocycles. The number of methoxy groups -OCH3 is 2. The number of ketones is 1. The molecule has 0 aliphatic heterocycles. The SMILES string of the molecule is COc1ccc(/C=C/C(=O)c2ccc3c(c2)CCCC3)cc1OC. The van der Waals surface area contributed by atoms with Gasteiger partial charge in [-0.05, 0) is 66.6 Å². The Bertz CT molecular complexity index is 775. The number of carbonyl (C=O) groups excluding carboxylic acids is 1. The van der Waals surface area contributed by atoms with Crippen LogP contribution in [0.4, 0.5) is 0 Å². The minimum Gasteiger partial charge on any atom is -0.493 e. The smallest absolute Gasteiger partial charge is 0.185 e. The first kappa shape index (κ1) is 16.3. The molecule has 0 heterocycles. The molecule has 3 heteroatoms. The van der Waals surface area contributed by atoms with E-state index < -0.39 is 0 Å². The molecule has 124 valence electrons. The van der Waals surface area contributed by atoms with Gasteiger partial charge in [-0.2, -0.15) is 0 Å². The molecule has 3 nitrogen and oxygen atoms in total. The lowest BCUT2D eigenvalue weighted by Gasteiger charge is -2.15. The summed E-state index contributed by atoms with van der Waals surface area (Å²) in [6, 6.07) is 11.7. The average molecular weight is 322 g/mol. The lowest BCUT2D eigenvalue weighted by atomic mass is 9.90. The van der Waals surface area contributed by atoms with Crippen molar-refractivity contribution in [3.05, 3.63) is 64.7 Å². The van der Waals surface area contributed by atoms with Gasteiger partial charge in [-0.25, -0.2) is 0 Å². The van der Waals surface area contributed by atoms with E-state index in [1.54, 1.807) is 20.3 Å². The number of ether oxygens (including phenoxy) is 2. The van der Waals surface area contributed by atoms with Gasteiger partial charge in [0, 0.05) is 5.56 Å². The summed E-state index contributed by atoms with van der Waals surface area (Å²) in [6.07, 6.45) is 8.10. The van der Waals surface area contributed by atoms with Crippen molar-refractivity contribution >= 4 is 11.9 Å². The number of aryl methyl sites for hydroxylation is 2. The van der Waals surface area contributed by atoms with Crippen LogP contribution in [0.2, 0.25) is 0 Å². The Kier molecular flexibility index (Phi) is 4.99. The Morgan fingerprint density at radius 1 is 0.917 bits per heavy atom. The van der Waals surface area contributed by atoms with E-state index in [2.05, 4.69) is 12.1 Å². The summed E-state index contributed by atoms with van der Waals surface area (Å²) in [7, 11) is 3.20. The molecule has 0 spiro atoms. The van der Waals surface area contributed by atoms with Crippen LogP contribution in [0.5, 0.6) is 11.5 Å². The number of benzene rings is 2. The summed E-state index contributed by atoms with van der Waals surface area (Å²) in [5.74, 6) is 1.36. The monoisotopic (exact) mass is 322 g/mol. The van der Waals surface area contributed by atoms with Crippen molar-refractivity contribution in [2.75, 3.05) is 14.2 Å². The molecular weight excluding hydrogens is 300 g/mol. The highest BCUT2D eigenvalue weighted by atomic mass is 16.5. The fourth-order valence-corrected chi connectivity index (χ4v) is 3.11. The molecule has 0 saturated carbocycles. The maximum atomic E-state index is 12.4. The number of allylic oxidation sites excluding steroid dienone is 1. The summed E-state index contributed by atoms with van der Waals surface area (Å²) in [5, 5.41) is 0. The van der Waals surface area contributed by atoms with E-state index in [1.807, 2.05) is 30.3 Å². The van der Waals surface area contributed by atoms with Crippen LogP contribution in [0, 0.1) is 0 Å². The summed E-state index contributed by atoms with van der Waals surface area (Å²) < 4.78 is 10.5. The van der Waals surface area contributed by atoms with E-state index in [-0.39, 0.29) is 5.78 Å². The molecule has 0 saturated heterocycles. The second-order valence-corrected chi connectivity index (χ2v) is 6.00. The van der Waals surface area contributed by atoms with Gasteiger partial charge in [-0.15, -0.1) is 0 Å². The van der Waals surface area contributed by atoms with Gasteiger partial charge in [0.05, 0.1) is 14.2 Å². The maximum absolute atomic E-state index is 12.4. The van der Waals surface area contributed by atoms with Crippen molar-refractivity contribution in [3.63, 3.8) is 0 Å². The second-order valence-electron chi connectivity index (χ2n) is 6.00. The Labute approximate surface area is 142 Å². The molecule has 1 aliphatic carbocycles. The molecule has 2 aromatic rings. The average Bonchev–Trinajstić information content (AvgIpc) is 2.65. The highest BCUT2D eigenvalue weighted by Crippen LogP contribution is 2.28. The predicted octanol–water partition coefficient (Wildman–Crippen LogP) is 4.48. The summed E-state index contributed by atoms with van der Waals surface area (Å²) in [5.41, 5.74) is 4.37. The van der Waals surface area contributed by atoms with Crippen LogP contribution in [-0.2, 0) is 12.8 Å². The third kappa shape index (κ3) is 3.51. The first-order valence-electron chi connectivity index (χ1n) is 8.27. The van der Waals surface area contributed by atoms with Crippen LogP contribution < -0.4 is 9.47 Å². The highest BCUT2D eigenvalue weighted by Gasteiger charge is 2.11. The first-order valence-corrected chi connectivity index (χ1v) is 8.27. The predicted molar refractivity (Wildman–Crippen MR) is 96.0 cm³/mol. The number of hydrogen-bond donors (Lipinski definition) is 0. The zero-order chi connectivity index (χ0) is 16.9. The Balaban J connectivity index is 1.78. The van der Waals surface area contributed by atoms with Gasteiger partial charge in [0.15, 0.2) is 17.3 Å². The van der Waals surface area contributed by atoms with Crippen LogP contribution in [0.25, 0.3) is 6.08 Å². The van der Waals surface area contributed by atoms with Gasteiger partial charge in [0.25, 0.3) is 0 Å². The lowest BCUT2D eigenvalue weighted by molar-refractivity contribution is 0.104. The van der Waals surface area contributed by atoms with E-state index in [1.165, 1.54) is 24.0 Å². The van der Waals surface area contributed by atoms with Crippen molar-refractivity contribution in [2.45, 2.75) is 25.7 Å². The highest BCUT2D eigenvalue weighted by molar-refractivity contribution is 6.07. The maximum Gasteiger partial charge on any atom is 0.185 e. The van der Waals surface area contributed by atoms with E-state index in [4.69, 9.17) is 9.47 Å². The Morgan fingerprint density at radius 2 is 1.67 bits per heavy atom. The molecule has 0 amide bonds. The van der Waals surface area contributed by atoms with Gasteiger partial charge < -0.3 is 9.47 Å². The normalized spacial score (nSPS) is 13.6. The Hall–Kier alpha value is -2.55. The second kappa shape index (κ2) is 7.35. The molecule has 0 atom stereocenters. The van der Waals surface area contributed by atoms with Gasteiger partial charge in [0.2, 0.25) is 0 Å². The van der Waals surface area contributed by atoms with Gasteiger partial charge in [-0.3, -0.25) is 4.79 Å². The van der Waals surface area contributed by atoms with Gasteiger partial charge in [0.1, 0.15) is 0 Å². The van der Waals surface area contributed by atoms with Gasteiger partial charge in [-0.1, -0.05) is 24.3 Å². The number of rotatable bonds is 5. The molecule has 0 fully saturated rings. The molecule has 3 rings (SSSR count). The number of carbonyl (C=O) groups is 1. The van der Waals surface area contributed by atoms with Crippen molar-refractivity contribution < 1.29 is 14.3 Å².